The first-order valence-corrected chi connectivity index (χ1v) is 7.09. The van der Waals surface area contributed by atoms with Crippen LogP contribution in [-0.2, 0) is 13.6 Å². The van der Waals surface area contributed by atoms with Crippen LogP contribution in [0.25, 0.3) is 11.3 Å². The number of amides is 1. The quantitative estimate of drug-likeness (QED) is 0.799. The lowest BCUT2D eigenvalue weighted by atomic mass is 10.1. The summed E-state index contributed by atoms with van der Waals surface area (Å²) in [6.07, 6.45) is 3.29. The molecular formula is C17H15N3O3. The van der Waals surface area contributed by atoms with E-state index >= 15 is 0 Å². The Labute approximate surface area is 132 Å². The van der Waals surface area contributed by atoms with Crippen molar-refractivity contribution in [3.8, 4) is 11.3 Å². The summed E-state index contributed by atoms with van der Waals surface area (Å²) in [7, 11) is 1.60. The molecule has 23 heavy (non-hydrogen) atoms. The Morgan fingerprint density at radius 3 is 2.57 bits per heavy atom. The topological polar surface area (TPSA) is 77.1 Å². The first-order chi connectivity index (χ1) is 11.2. The van der Waals surface area contributed by atoms with Crippen molar-refractivity contribution in [2.75, 3.05) is 0 Å². The summed E-state index contributed by atoms with van der Waals surface area (Å²) in [5.41, 5.74) is 1.46. The molecule has 2 heterocycles. The monoisotopic (exact) mass is 309 g/mol. The van der Waals surface area contributed by atoms with E-state index in [-0.39, 0.29) is 5.56 Å². The number of aromatic nitrogens is 2. The molecule has 6 heteroatoms. The van der Waals surface area contributed by atoms with Gasteiger partial charge in [-0.05, 0) is 17.7 Å². The molecule has 0 aliphatic heterocycles. The van der Waals surface area contributed by atoms with Crippen LogP contribution in [0.15, 0.2) is 64.2 Å². The molecule has 0 radical (unpaired) electrons. The third kappa shape index (κ3) is 3.06. The van der Waals surface area contributed by atoms with Crippen molar-refractivity contribution in [3.05, 3.63) is 76.4 Å². The molecule has 0 spiro atoms. The molecule has 0 aliphatic rings. The summed E-state index contributed by atoms with van der Waals surface area (Å²) in [5.74, 6) is -0.463. The minimum absolute atomic E-state index is 0.00718. The van der Waals surface area contributed by atoms with Crippen LogP contribution in [0.4, 0.5) is 0 Å². The number of hydrogen-bond acceptors (Lipinski definition) is 4. The van der Waals surface area contributed by atoms with E-state index in [0.717, 1.165) is 11.1 Å². The van der Waals surface area contributed by atoms with E-state index in [2.05, 4.69) is 10.3 Å². The Hall–Kier alpha value is -3.15. The summed E-state index contributed by atoms with van der Waals surface area (Å²) in [6.45, 7) is 0.309. The number of carbonyl (C=O) groups is 1. The number of benzene rings is 1. The highest BCUT2D eigenvalue weighted by atomic mass is 16.5. The maximum atomic E-state index is 12.4. The molecule has 1 amide bonds. The number of rotatable bonds is 4. The first kappa shape index (κ1) is 14.8. The van der Waals surface area contributed by atoms with E-state index in [0.29, 0.717) is 12.2 Å². The van der Waals surface area contributed by atoms with Crippen LogP contribution >= 0.6 is 0 Å². The molecule has 6 nitrogen and oxygen atoms in total. The van der Waals surface area contributed by atoms with Gasteiger partial charge in [-0.3, -0.25) is 9.78 Å². The van der Waals surface area contributed by atoms with Gasteiger partial charge in [0.25, 0.3) is 5.91 Å². The van der Waals surface area contributed by atoms with Gasteiger partial charge in [0.15, 0.2) is 5.56 Å². The Morgan fingerprint density at radius 1 is 1.17 bits per heavy atom. The third-order valence-electron chi connectivity index (χ3n) is 3.45. The number of aryl methyl sites for hydroxylation is 1. The largest absolute Gasteiger partial charge is 0.370 e. The summed E-state index contributed by atoms with van der Waals surface area (Å²) in [6, 6.07) is 12.8. The van der Waals surface area contributed by atoms with Crippen LogP contribution in [0.5, 0.6) is 0 Å². The molecule has 3 aromatic rings. The highest BCUT2D eigenvalue weighted by Gasteiger charge is 2.23. The van der Waals surface area contributed by atoms with Gasteiger partial charge in [0.2, 0.25) is 0 Å². The summed E-state index contributed by atoms with van der Waals surface area (Å²) in [5, 5.41) is 2.74. The predicted octanol–water partition coefficient (Wildman–Crippen LogP) is 1.97. The highest BCUT2D eigenvalue weighted by molar-refractivity contribution is 5.99. The molecule has 0 atom stereocenters. The zero-order valence-corrected chi connectivity index (χ0v) is 12.5. The van der Waals surface area contributed by atoms with Crippen molar-refractivity contribution < 1.29 is 9.32 Å². The second kappa shape index (κ2) is 6.31. The number of nitrogens with one attached hydrogen (secondary N) is 1. The maximum Gasteiger partial charge on any atom is 0.370 e. The molecule has 0 aliphatic carbocycles. The number of pyridine rings is 1. The second-order valence-electron chi connectivity index (χ2n) is 5.00. The van der Waals surface area contributed by atoms with Crippen LogP contribution < -0.4 is 10.9 Å². The maximum absolute atomic E-state index is 12.4. The van der Waals surface area contributed by atoms with Crippen molar-refractivity contribution in [2.24, 2.45) is 7.05 Å². The Morgan fingerprint density at radius 2 is 1.87 bits per heavy atom. The zero-order chi connectivity index (χ0) is 16.2. The van der Waals surface area contributed by atoms with Crippen LogP contribution in [-0.4, -0.2) is 15.6 Å². The molecule has 116 valence electrons. The molecular weight excluding hydrogens is 294 g/mol. The van der Waals surface area contributed by atoms with Crippen LogP contribution in [0.2, 0.25) is 0 Å². The number of nitrogens with zero attached hydrogens (tertiary/aromatic N) is 2. The van der Waals surface area contributed by atoms with E-state index in [1.54, 1.807) is 31.6 Å². The van der Waals surface area contributed by atoms with Gasteiger partial charge in [0.05, 0.1) is 0 Å². The van der Waals surface area contributed by atoms with Crippen molar-refractivity contribution >= 4 is 5.91 Å². The average Bonchev–Trinajstić information content (AvgIpc) is 2.88. The normalized spacial score (nSPS) is 10.5. The molecule has 0 fully saturated rings. The fourth-order valence-corrected chi connectivity index (χ4v) is 2.36. The van der Waals surface area contributed by atoms with Crippen LogP contribution in [0.3, 0.4) is 0 Å². The van der Waals surface area contributed by atoms with E-state index in [1.807, 2.05) is 30.3 Å². The number of carbonyl (C=O) groups excluding carboxylic acids is 1. The molecule has 1 aromatic carbocycles. The molecule has 2 aromatic heterocycles. The Kier molecular flexibility index (Phi) is 4.05. The van der Waals surface area contributed by atoms with Gasteiger partial charge in [-0.2, -0.15) is 0 Å². The van der Waals surface area contributed by atoms with E-state index in [1.165, 1.54) is 4.74 Å². The van der Waals surface area contributed by atoms with Crippen molar-refractivity contribution in [1.29, 1.82) is 0 Å². The fourth-order valence-electron chi connectivity index (χ4n) is 2.36. The summed E-state index contributed by atoms with van der Waals surface area (Å²) in [4.78, 5) is 28.4. The van der Waals surface area contributed by atoms with Crippen molar-refractivity contribution in [1.82, 2.24) is 15.0 Å². The van der Waals surface area contributed by atoms with Gasteiger partial charge in [-0.25, -0.2) is 9.53 Å². The fraction of sp³-hybridized carbons (Fsp3) is 0.118. The van der Waals surface area contributed by atoms with Gasteiger partial charge >= 0.3 is 5.63 Å². The lowest BCUT2D eigenvalue weighted by molar-refractivity contribution is 0.0949. The molecule has 1 N–H and O–H groups in total. The standard InChI is InChI=1S/C17H15N3O3/c1-20-15(13-5-3-2-4-6-13)14(17(22)23-20)16(21)19-11-12-7-9-18-10-8-12/h2-10H,11H2,1H3,(H,19,21). The van der Waals surface area contributed by atoms with Crippen molar-refractivity contribution in [3.63, 3.8) is 0 Å². The highest BCUT2D eigenvalue weighted by Crippen LogP contribution is 2.21. The van der Waals surface area contributed by atoms with E-state index in [4.69, 9.17) is 4.52 Å². The summed E-state index contributed by atoms with van der Waals surface area (Å²) < 4.78 is 6.38. The molecule has 0 unspecified atom stereocenters. The second-order valence-corrected chi connectivity index (χ2v) is 5.00. The van der Waals surface area contributed by atoms with Gasteiger partial charge in [0, 0.05) is 31.5 Å². The SMILES string of the molecule is Cn1oc(=O)c(C(=O)NCc2ccncc2)c1-c1ccccc1. The zero-order valence-electron chi connectivity index (χ0n) is 12.5. The Bertz CT molecular complexity index is 867. The minimum Gasteiger partial charge on any atom is -0.348 e. The van der Waals surface area contributed by atoms with Gasteiger partial charge in [-0.1, -0.05) is 30.3 Å². The summed E-state index contributed by atoms with van der Waals surface area (Å²) >= 11 is 0. The molecule has 0 saturated heterocycles. The average molecular weight is 309 g/mol. The lowest BCUT2D eigenvalue weighted by Gasteiger charge is -2.06. The predicted molar refractivity (Wildman–Crippen MR) is 84.8 cm³/mol. The van der Waals surface area contributed by atoms with E-state index in [9.17, 15) is 9.59 Å². The van der Waals surface area contributed by atoms with Gasteiger partial charge in [0.1, 0.15) is 5.69 Å². The van der Waals surface area contributed by atoms with Gasteiger partial charge < -0.3 is 9.84 Å². The minimum atomic E-state index is -0.654. The van der Waals surface area contributed by atoms with E-state index < -0.39 is 11.5 Å². The number of hydrogen-bond donors (Lipinski definition) is 1. The molecule has 0 bridgehead atoms. The first-order valence-electron chi connectivity index (χ1n) is 7.09. The van der Waals surface area contributed by atoms with Gasteiger partial charge in [-0.15, -0.1) is 0 Å². The Balaban J connectivity index is 1.90. The van der Waals surface area contributed by atoms with Crippen LogP contribution in [0.1, 0.15) is 15.9 Å². The third-order valence-corrected chi connectivity index (χ3v) is 3.45. The lowest BCUT2D eigenvalue weighted by Crippen LogP contribution is -2.27. The smallest absolute Gasteiger partial charge is 0.348 e. The van der Waals surface area contributed by atoms with Crippen LogP contribution in [0, 0.1) is 0 Å². The van der Waals surface area contributed by atoms with Crippen molar-refractivity contribution in [2.45, 2.75) is 6.54 Å². The molecule has 3 rings (SSSR count). The molecule has 0 saturated carbocycles.